The molecule has 1 fully saturated rings. The van der Waals surface area contributed by atoms with Crippen molar-refractivity contribution in [1.82, 2.24) is 15.3 Å². The van der Waals surface area contributed by atoms with E-state index in [9.17, 15) is 0 Å². The number of aromatic nitrogens is 2. The van der Waals surface area contributed by atoms with Crippen molar-refractivity contribution >= 4 is 5.82 Å². The van der Waals surface area contributed by atoms with Crippen molar-refractivity contribution in [2.75, 3.05) is 25.0 Å². The lowest BCUT2D eigenvalue weighted by molar-refractivity contribution is 0.232. The largest absolute Gasteiger partial charge is 0.475 e. The van der Waals surface area contributed by atoms with E-state index in [-0.39, 0.29) is 6.10 Å². The number of piperidine rings is 1. The van der Waals surface area contributed by atoms with E-state index in [1.807, 2.05) is 19.9 Å². The Labute approximate surface area is 115 Å². The summed E-state index contributed by atoms with van der Waals surface area (Å²) >= 11 is 0. The van der Waals surface area contributed by atoms with Crippen LogP contribution in [0.4, 0.5) is 5.82 Å². The predicted octanol–water partition coefficient (Wildman–Crippen LogP) is 2.07. The maximum atomic E-state index is 5.57. The monoisotopic (exact) mass is 264 g/mol. The van der Waals surface area contributed by atoms with Gasteiger partial charge in [0.1, 0.15) is 12.1 Å². The van der Waals surface area contributed by atoms with Crippen molar-refractivity contribution in [2.24, 2.45) is 5.41 Å². The van der Waals surface area contributed by atoms with E-state index in [0.717, 1.165) is 25.5 Å². The quantitative estimate of drug-likeness (QED) is 0.852. The lowest BCUT2D eigenvalue weighted by atomic mass is 9.81. The molecular formula is C14H24N4O. The summed E-state index contributed by atoms with van der Waals surface area (Å²) in [7, 11) is 0. The predicted molar refractivity (Wildman–Crippen MR) is 76.5 cm³/mol. The van der Waals surface area contributed by atoms with Gasteiger partial charge in [0, 0.05) is 12.6 Å². The highest BCUT2D eigenvalue weighted by Crippen LogP contribution is 2.28. The van der Waals surface area contributed by atoms with Gasteiger partial charge in [-0.2, -0.15) is 0 Å². The minimum absolute atomic E-state index is 0.129. The molecule has 1 aliphatic rings. The molecule has 106 valence electrons. The minimum atomic E-state index is 0.129. The molecule has 2 rings (SSSR count). The number of ether oxygens (including phenoxy) is 1. The first kappa shape index (κ1) is 14.1. The zero-order valence-corrected chi connectivity index (χ0v) is 12.1. The van der Waals surface area contributed by atoms with Crippen molar-refractivity contribution in [1.29, 1.82) is 0 Å². The van der Waals surface area contributed by atoms with Crippen LogP contribution in [0.1, 0.15) is 33.6 Å². The van der Waals surface area contributed by atoms with Gasteiger partial charge in [-0.05, 0) is 45.2 Å². The maximum absolute atomic E-state index is 5.57. The van der Waals surface area contributed by atoms with E-state index in [1.165, 1.54) is 12.8 Å². The van der Waals surface area contributed by atoms with Crippen LogP contribution < -0.4 is 15.4 Å². The van der Waals surface area contributed by atoms with Crippen molar-refractivity contribution in [3.8, 4) is 5.88 Å². The molecule has 0 unspecified atom stereocenters. The number of hydrogen-bond donors (Lipinski definition) is 2. The van der Waals surface area contributed by atoms with Gasteiger partial charge in [-0.25, -0.2) is 9.97 Å². The van der Waals surface area contributed by atoms with Crippen molar-refractivity contribution in [2.45, 2.75) is 39.7 Å². The minimum Gasteiger partial charge on any atom is -0.475 e. The van der Waals surface area contributed by atoms with Crippen LogP contribution in [0.3, 0.4) is 0 Å². The van der Waals surface area contributed by atoms with Crippen LogP contribution in [0.15, 0.2) is 12.4 Å². The van der Waals surface area contributed by atoms with E-state index >= 15 is 0 Å². The highest BCUT2D eigenvalue weighted by molar-refractivity contribution is 5.37. The van der Waals surface area contributed by atoms with Crippen LogP contribution in [0.2, 0.25) is 0 Å². The van der Waals surface area contributed by atoms with Gasteiger partial charge in [-0.3, -0.25) is 0 Å². The summed E-state index contributed by atoms with van der Waals surface area (Å²) < 4.78 is 5.57. The van der Waals surface area contributed by atoms with Gasteiger partial charge in [0.15, 0.2) is 0 Å². The molecule has 0 aromatic carbocycles. The third-order valence-corrected chi connectivity index (χ3v) is 3.51. The molecule has 5 heteroatoms. The number of anilines is 1. The fourth-order valence-electron chi connectivity index (χ4n) is 2.25. The first-order valence-corrected chi connectivity index (χ1v) is 7.01. The van der Waals surface area contributed by atoms with Gasteiger partial charge >= 0.3 is 0 Å². The van der Waals surface area contributed by atoms with E-state index < -0.39 is 0 Å². The summed E-state index contributed by atoms with van der Waals surface area (Å²) in [6, 6.07) is 1.87. The van der Waals surface area contributed by atoms with Crippen LogP contribution in [-0.4, -0.2) is 35.7 Å². The third kappa shape index (κ3) is 4.35. The normalized spacial score (nSPS) is 18.3. The van der Waals surface area contributed by atoms with E-state index in [4.69, 9.17) is 4.74 Å². The second kappa shape index (κ2) is 6.19. The van der Waals surface area contributed by atoms with Crippen LogP contribution in [0.5, 0.6) is 5.88 Å². The average Bonchev–Trinajstić information content (AvgIpc) is 2.37. The number of hydrogen-bond acceptors (Lipinski definition) is 5. The van der Waals surface area contributed by atoms with Crippen molar-refractivity contribution in [3.63, 3.8) is 0 Å². The van der Waals surface area contributed by atoms with Crippen LogP contribution in [0.25, 0.3) is 0 Å². The van der Waals surface area contributed by atoms with Gasteiger partial charge in [0.05, 0.1) is 6.10 Å². The van der Waals surface area contributed by atoms with Gasteiger partial charge < -0.3 is 15.4 Å². The smallest absolute Gasteiger partial charge is 0.218 e. The molecule has 1 aliphatic heterocycles. The lowest BCUT2D eigenvalue weighted by Gasteiger charge is -2.34. The molecule has 0 atom stereocenters. The highest BCUT2D eigenvalue weighted by atomic mass is 16.5. The lowest BCUT2D eigenvalue weighted by Crippen LogP contribution is -2.39. The summed E-state index contributed by atoms with van der Waals surface area (Å²) in [5, 5.41) is 6.81. The van der Waals surface area contributed by atoms with Crippen molar-refractivity contribution in [3.05, 3.63) is 12.4 Å². The van der Waals surface area contributed by atoms with Crippen LogP contribution in [0, 0.1) is 5.41 Å². The second-order valence-corrected chi connectivity index (χ2v) is 5.82. The van der Waals surface area contributed by atoms with E-state index in [2.05, 4.69) is 27.5 Å². The van der Waals surface area contributed by atoms with E-state index in [0.29, 0.717) is 11.3 Å². The Balaban J connectivity index is 1.91. The molecular weight excluding hydrogens is 240 g/mol. The second-order valence-electron chi connectivity index (χ2n) is 5.82. The topological polar surface area (TPSA) is 59.1 Å². The molecule has 0 bridgehead atoms. The summed E-state index contributed by atoms with van der Waals surface area (Å²) in [5.74, 6) is 1.47. The average molecular weight is 264 g/mol. The van der Waals surface area contributed by atoms with Crippen molar-refractivity contribution < 1.29 is 4.74 Å². The molecule has 0 saturated carbocycles. The Morgan fingerprint density at radius 1 is 1.37 bits per heavy atom. The summed E-state index contributed by atoms with van der Waals surface area (Å²) in [5.41, 5.74) is 0.343. The van der Waals surface area contributed by atoms with E-state index in [1.54, 1.807) is 6.33 Å². The fourth-order valence-corrected chi connectivity index (χ4v) is 2.25. The van der Waals surface area contributed by atoms with Gasteiger partial charge in [-0.1, -0.05) is 6.92 Å². The summed E-state index contributed by atoms with van der Waals surface area (Å²) in [6.07, 6.45) is 4.07. The molecule has 1 saturated heterocycles. The Bertz CT molecular complexity index is 402. The van der Waals surface area contributed by atoms with Crippen LogP contribution >= 0.6 is 0 Å². The SMILES string of the molecule is CC(C)Oc1cc(NCC2(C)CCNCC2)ncn1. The summed E-state index contributed by atoms with van der Waals surface area (Å²) in [4.78, 5) is 8.35. The Morgan fingerprint density at radius 3 is 2.79 bits per heavy atom. The highest BCUT2D eigenvalue weighted by Gasteiger charge is 2.26. The molecule has 2 N–H and O–H groups in total. The molecule has 19 heavy (non-hydrogen) atoms. The molecule has 0 radical (unpaired) electrons. The number of rotatable bonds is 5. The Kier molecular flexibility index (Phi) is 4.58. The first-order valence-electron chi connectivity index (χ1n) is 7.01. The van der Waals surface area contributed by atoms with Gasteiger partial charge in [0.2, 0.25) is 5.88 Å². The van der Waals surface area contributed by atoms with Gasteiger partial charge in [0.25, 0.3) is 0 Å². The standard InChI is InChI=1S/C14H24N4O/c1-11(2)19-13-8-12(17-10-18-13)16-9-14(3)4-6-15-7-5-14/h8,10-11,15H,4-7,9H2,1-3H3,(H,16,17,18). The number of nitrogens with one attached hydrogen (secondary N) is 2. The first-order chi connectivity index (χ1) is 9.07. The fraction of sp³-hybridized carbons (Fsp3) is 0.714. The summed E-state index contributed by atoms with van der Waals surface area (Å²) in [6.45, 7) is 9.45. The van der Waals surface area contributed by atoms with Gasteiger partial charge in [-0.15, -0.1) is 0 Å². The zero-order valence-electron chi connectivity index (χ0n) is 12.1. The molecule has 5 nitrogen and oxygen atoms in total. The molecule has 1 aromatic heterocycles. The Morgan fingerprint density at radius 2 is 2.11 bits per heavy atom. The molecule has 0 spiro atoms. The molecule has 0 aliphatic carbocycles. The zero-order chi connectivity index (χ0) is 13.7. The third-order valence-electron chi connectivity index (χ3n) is 3.51. The molecule has 0 amide bonds. The van der Waals surface area contributed by atoms with Crippen LogP contribution in [-0.2, 0) is 0 Å². The maximum Gasteiger partial charge on any atom is 0.218 e. The Hall–Kier alpha value is -1.36. The molecule has 1 aromatic rings. The number of nitrogens with zero attached hydrogens (tertiary/aromatic N) is 2. The molecule has 2 heterocycles.